The molecule has 1 N–H and O–H groups in total. The zero-order valence-electron chi connectivity index (χ0n) is 15.4. The second-order valence-corrected chi connectivity index (χ2v) is 7.40. The molecule has 0 radical (unpaired) electrons. The van der Waals surface area contributed by atoms with Gasteiger partial charge in [0, 0.05) is 12.2 Å². The SMILES string of the molecule is CC1(C)OB(C(=Cc2ccc(N3C(=O)C=CC3=O)cc2)CO)OC1(C)C. The first-order valence-corrected chi connectivity index (χ1v) is 8.48. The van der Waals surface area contributed by atoms with E-state index in [1.54, 1.807) is 30.3 Å². The molecule has 0 aromatic heterocycles. The van der Waals surface area contributed by atoms with Crippen LogP contribution in [0.3, 0.4) is 0 Å². The van der Waals surface area contributed by atoms with Crippen LogP contribution < -0.4 is 4.90 Å². The van der Waals surface area contributed by atoms with Crippen molar-refractivity contribution in [2.45, 2.75) is 38.9 Å². The Morgan fingerprint density at radius 2 is 1.54 bits per heavy atom. The molecule has 2 aliphatic rings. The molecule has 0 saturated carbocycles. The lowest BCUT2D eigenvalue weighted by Gasteiger charge is -2.32. The number of benzene rings is 1. The average molecular weight is 355 g/mol. The van der Waals surface area contributed by atoms with Crippen LogP contribution in [0.25, 0.3) is 6.08 Å². The van der Waals surface area contributed by atoms with Crippen molar-refractivity contribution in [2.75, 3.05) is 11.5 Å². The van der Waals surface area contributed by atoms with Crippen molar-refractivity contribution in [3.8, 4) is 0 Å². The Morgan fingerprint density at radius 1 is 1.04 bits per heavy atom. The molecule has 2 heterocycles. The van der Waals surface area contributed by atoms with E-state index in [9.17, 15) is 14.7 Å². The second kappa shape index (κ2) is 6.50. The van der Waals surface area contributed by atoms with E-state index in [1.165, 1.54) is 12.2 Å². The largest absolute Gasteiger partial charge is 0.492 e. The van der Waals surface area contributed by atoms with Crippen LogP contribution in [-0.4, -0.2) is 41.8 Å². The smallest absolute Gasteiger partial charge is 0.400 e. The van der Waals surface area contributed by atoms with Crippen LogP contribution in [0.2, 0.25) is 0 Å². The first-order valence-electron chi connectivity index (χ1n) is 8.48. The van der Waals surface area contributed by atoms with Gasteiger partial charge in [-0.15, -0.1) is 0 Å². The van der Waals surface area contributed by atoms with Gasteiger partial charge in [-0.3, -0.25) is 9.59 Å². The van der Waals surface area contributed by atoms with Crippen LogP contribution in [0.15, 0.2) is 41.9 Å². The summed E-state index contributed by atoms with van der Waals surface area (Å²) >= 11 is 0. The molecule has 0 unspecified atom stereocenters. The van der Waals surface area contributed by atoms with E-state index in [0.29, 0.717) is 11.2 Å². The number of anilines is 1. The summed E-state index contributed by atoms with van der Waals surface area (Å²) < 4.78 is 11.9. The zero-order chi connectivity index (χ0) is 19.1. The first kappa shape index (κ1) is 18.6. The lowest BCUT2D eigenvalue weighted by Crippen LogP contribution is -2.41. The number of aliphatic hydroxyl groups excluding tert-OH is 1. The molecule has 0 aliphatic carbocycles. The molecule has 2 amide bonds. The van der Waals surface area contributed by atoms with E-state index >= 15 is 0 Å². The van der Waals surface area contributed by atoms with Gasteiger partial charge in [0.05, 0.1) is 23.5 Å². The molecule has 0 atom stereocenters. The molecule has 0 spiro atoms. The fourth-order valence-electron chi connectivity index (χ4n) is 2.77. The van der Waals surface area contributed by atoms with E-state index < -0.39 is 18.3 Å². The van der Waals surface area contributed by atoms with Crippen molar-refractivity contribution < 1.29 is 24.0 Å². The van der Waals surface area contributed by atoms with Gasteiger partial charge in [0.1, 0.15) is 0 Å². The first-order chi connectivity index (χ1) is 12.1. The highest BCUT2D eigenvalue weighted by Crippen LogP contribution is 2.38. The van der Waals surface area contributed by atoms with Crippen LogP contribution in [0, 0.1) is 0 Å². The number of rotatable bonds is 4. The predicted molar refractivity (Wildman–Crippen MR) is 99.2 cm³/mol. The highest BCUT2D eigenvalue weighted by atomic mass is 16.7. The maximum atomic E-state index is 11.7. The van der Waals surface area contributed by atoms with Gasteiger partial charge < -0.3 is 14.4 Å². The fraction of sp³-hybridized carbons (Fsp3) is 0.368. The molecule has 1 aromatic carbocycles. The minimum Gasteiger partial charge on any atom is -0.400 e. The number of nitrogens with zero attached hydrogens (tertiary/aromatic N) is 1. The van der Waals surface area contributed by atoms with Gasteiger partial charge in [0.15, 0.2) is 0 Å². The lowest BCUT2D eigenvalue weighted by atomic mass is 9.77. The van der Waals surface area contributed by atoms with E-state index in [1.807, 2.05) is 27.7 Å². The van der Waals surface area contributed by atoms with Crippen LogP contribution in [0.1, 0.15) is 33.3 Å². The number of imide groups is 1. The molecule has 2 aliphatic heterocycles. The summed E-state index contributed by atoms with van der Waals surface area (Å²) in [4.78, 5) is 24.6. The number of hydrogen-bond donors (Lipinski definition) is 1. The van der Waals surface area contributed by atoms with Gasteiger partial charge in [-0.1, -0.05) is 18.2 Å². The molecule has 1 aromatic rings. The Balaban J connectivity index is 1.80. The van der Waals surface area contributed by atoms with Gasteiger partial charge in [-0.25, -0.2) is 4.90 Å². The minimum absolute atomic E-state index is 0.203. The van der Waals surface area contributed by atoms with E-state index in [4.69, 9.17) is 9.31 Å². The maximum Gasteiger partial charge on any atom is 0.492 e. The molecule has 1 saturated heterocycles. The third-order valence-corrected chi connectivity index (χ3v) is 5.05. The zero-order valence-corrected chi connectivity index (χ0v) is 15.4. The van der Waals surface area contributed by atoms with Crippen LogP contribution >= 0.6 is 0 Å². The molecular weight excluding hydrogens is 333 g/mol. The normalized spacial score (nSPS) is 21.8. The molecular formula is C19H22BNO5. The quantitative estimate of drug-likeness (QED) is 0.661. The van der Waals surface area contributed by atoms with Gasteiger partial charge in [-0.2, -0.15) is 0 Å². The topological polar surface area (TPSA) is 76.1 Å². The summed E-state index contributed by atoms with van der Waals surface area (Å²) in [6.45, 7) is 7.61. The summed E-state index contributed by atoms with van der Waals surface area (Å²) in [6, 6.07) is 6.92. The summed E-state index contributed by atoms with van der Waals surface area (Å²) in [5.74, 6) is -0.710. The van der Waals surface area contributed by atoms with E-state index in [0.717, 1.165) is 10.5 Å². The number of aliphatic hydroxyl groups is 1. The minimum atomic E-state index is -0.629. The molecule has 3 rings (SSSR count). The van der Waals surface area contributed by atoms with Crippen molar-refractivity contribution in [2.24, 2.45) is 0 Å². The monoisotopic (exact) mass is 355 g/mol. The van der Waals surface area contributed by atoms with E-state index in [-0.39, 0.29) is 18.4 Å². The van der Waals surface area contributed by atoms with Crippen LogP contribution in [0.5, 0.6) is 0 Å². The Morgan fingerprint density at radius 3 is 2.00 bits per heavy atom. The van der Waals surface area contributed by atoms with Gasteiger partial charge in [-0.05, 0) is 50.9 Å². The summed E-state index contributed by atoms with van der Waals surface area (Å²) in [5.41, 5.74) is 0.938. The number of hydrogen-bond acceptors (Lipinski definition) is 5. The second-order valence-electron chi connectivity index (χ2n) is 7.40. The number of carbonyl (C=O) groups excluding carboxylic acids is 2. The Kier molecular flexibility index (Phi) is 4.64. The maximum absolute atomic E-state index is 11.7. The fourth-order valence-corrected chi connectivity index (χ4v) is 2.77. The molecule has 26 heavy (non-hydrogen) atoms. The third kappa shape index (κ3) is 3.25. The van der Waals surface area contributed by atoms with E-state index in [2.05, 4.69) is 0 Å². The Bertz CT molecular complexity index is 761. The molecule has 6 nitrogen and oxygen atoms in total. The summed E-state index contributed by atoms with van der Waals surface area (Å²) in [6.07, 6.45) is 4.29. The third-order valence-electron chi connectivity index (χ3n) is 5.05. The highest BCUT2D eigenvalue weighted by molar-refractivity contribution is 6.55. The Hall–Kier alpha value is -2.22. The van der Waals surface area contributed by atoms with Gasteiger partial charge >= 0.3 is 7.12 Å². The molecule has 1 fully saturated rings. The highest BCUT2D eigenvalue weighted by Gasteiger charge is 2.52. The Labute approximate surface area is 153 Å². The predicted octanol–water partition coefficient (Wildman–Crippen LogP) is 2.12. The van der Waals surface area contributed by atoms with Crippen molar-refractivity contribution in [3.63, 3.8) is 0 Å². The van der Waals surface area contributed by atoms with Crippen molar-refractivity contribution in [3.05, 3.63) is 47.5 Å². The number of amides is 2. The van der Waals surface area contributed by atoms with Crippen LogP contribution in [0.4, 0.5) is 5.69 Å². The number of carbonyl (C=O) groups is 2. The van der Waals surface area contributed by atoms with Gasteiger partial charge in [0.2, 0.25) is 0 Å². The van der Waals surface area contributed by atoms with Crippen molar-refractivity contribution in [1.29, 1.82) is 0 Å². The molecule has 136 valence electrons. The molecule has 0 bridgehead atoms. The average Bonchev–Trinajstić information content (AvgIpc) is 3.01. The van der Waals surface area contributed by atoms with Crippen molar-refractivity contribution >= 4 is 30.7 Å². The lowest BCUT2D eigenvalue weighted by molar-refractivity contribution is -0.119. The summed E-state index contributed by atoms with van der Waals surface area (Å²) in [7, 11) is -0.629. The van der Waals surface area contributed by atoms with Crippen molar-refractivity contribution in [1.82, 2.24) is 0 Å². The summed E-state index contributed by atoms with van der Waals surface area (Å²) in [5, 5.41) is 9.75. The van der Waals surface area contributed by atoms with Gasteiger partial charge in [0.25, 0.3) is 11.8 Å². The molecule has 7 heteroatoms. The standard InChI is InChI=1S/C19H22BNO5/c1-18(2)19(3,4)26-20(25-18)14(12-22)11-13-5-7-15(8-6-13)21-16(23)9-10-17(21)24/h5-11,22H,12H2,1-4H3. The van der Waals surface area contributed by atoms with Crippen LogP contribution in [-0.2, 0) is 18.9 Å².